The van der Waals surface area contributed by atoms with Crippen molar-refractivity contribution in [3.63, 3.8) is 0 Å². The summed E-state index contributed by atoms with van der Waals surface area (Å²) in [5.41, 5.74) is 1.02. The lowest BCUT2D eigenvalue weighted by atomic mass is 10.2. The van der Waals surface area contributed by atoms with E-state index in [1.165, 1.54) is 16.4 Å². The first kappa shape index (κ1) is 17.9. The van der Waals surface area contributed by atoms with Gasteiger partial charge in [-0.25, -0.2) is 13.2 Å². The third kappa shape index (κ3) is 4.21. The van der Waals surface area contributed by atoms with Crippen LogP contribution in [0.5, 0.6) is 0 Å². The molecule has 1 saturated heterocycles. The van der Waals surface area contributed by atoms with E-state index in [0.29, 0.717) is 18.1 Å². The van der Waals surface area contributed by atoms with Gasteiger partial charge in [0.1, 0.15) is 6.61 Å². The second-order valence-corrected chi connectivity index (χ2v) is 8.22. The van der Waals surface area contributed by atoms with Crippen LogP contribution in [0.2, 0.25) is 5.02 Å². The van der Waals surface area contributed by atoms with Crippen molar-refractivity contribution >= 4 is 27.6 Å². The lowest BCUT2D eigenvalue weighted by Crippen LogP contribution is -2.28. The molecule has 0 amide bonds. The largest absolute Gasteiger partial charge is 0.457 e. The molecule has 0 bridgehead atoms. The first-order valence-electron chi connectivity index (χ1n) is 7.98. The Labute approximate surface area is 152 Å². The van der Waals surface area contributed by atoms with Crippen LogP contribution in [0.1, 0.15) is 28.8 Å². The zero-order valence-corrected chi connectivity index (χ0v) is 15.1. The minimum absolute atomic E-state index is 0.0963. The Balaban J connectivity index is 1.72. The van der Waals surface area contributed by atoms with Crippen molar-refractivity contribution in [1.82, 2.24) is 4.31 Å². The maximum absolute atomic E-state index is 12.6. The second-order valence-electron chi connectivity index (χ2n) is 5.84. The number of sulfonamides is 1. The summed E-state index contributed by atoms with van der Waals surface area (Å²) in [6, 6.07) is 13.0. The SMILES string of the molecule is O=C(OCc1ccc(Cl)cc1)c1cccc(S(=O)(=O)N2CCCC2)c1. The summed E-state index contributed by atoms with van der Waals surface area (Å²) >= 11 is 5.82. The Morgan fingerprint density at radius 2 is 1.76 bits per heavy atom. The van der Waals surface area contributed by atoms with E-state index in [9.17, 15) is 13.2 Å². The highest BCUT2D eigenvalue weighted by atomic mass is 35.5. The molecule has 0 saturated carbocycles. The summed E-state index contributed by atoms with van der Waals surface area (Å²) in [4.78, 5) is 12.3. The van der Waals surface area contributed by atoms with Crippen LogP contribution in [0, 0.1) is 0 Å². The third-order valence-corrected chi connectivity index (χ3v) is 6.20. The minimum atomic E-state index is -3.56. The lowest BCUT2D eigenvalue weighted by molar-refractivity contribution is 0.0472. The molecule has 2 aromatic carbocycles. The van der Waals surface area contributed by atoms with Crippen molar-refractivity contribution in [3.8, 4) is 0 Å². The van der Waals surface area contributed by atoms with Crippen molar-refractivity contribution in [3.05, 3.63) is 64.7 Å². The van der Waals surface area contributed by atoms with Gasteiger partial charge in [-0.15, -0.1) is 0 Å². The Bertz CT molecular complexity index is 859. The lowest BCUT2D eigenvalue weighted by Gasteiger charge is -2.15. The Morgan fingerprint density at radius 3 is 2.44 bits per heavy atom. The molecule has 0 radical (unpaired) electrons. The van der Waals surface area contributed by atoms with Crippen molar-refractivity contribution in [2.24, 2.45) is 0 Å². The van der Waals surface area contributed by atoms with E-state index in [4.69, 9.17) is 16.3 Å². The highest BCUT2D eigenvalue weighted by molar-refractivity contribution is 7.89. The number of esters is 1. The predicted molar refractivity (Wildman–Crippen MR) is 95.0 cm³/mol. The van der Waals surface area contributed by atoms with Crippen molar-refractivity contribution < 1.29 is 17.9 Å². The second kappa shape index (κ2) is 7.56. The van der Waals surface area contributed by atoms with Gasteiger partial charge in [-0.05, 0) is 48.7 Å². The van der Waals surface area contributed by atoms with Gasteiger partial charge in [0.05, 0.1) is 10.5 Å². The van der Waals surface area contributed by atoms with E-state index < -0.39 is 16.0 Å². The summed E-state index contributed by atoms with van der Waals surface area (Å²) in [5, 5.41) is 0.606. The molecule has 1 fully saturated rings. The van der Waals surface area contributed by atoms with Gasteiger partial charge in [0, 0.05) is 18.1 Å². The molecular weight excluding hydrogens is 362 g/mol. The van der Waals surface area contributed by atoms with E-state index in [1.807, 2.05) is 0 Å². The average molecular weight is 380 g/mol. The predicted octanol–water partition coefficient (Wildman–Crippen LogP) is 3.48. The fourth-order valence-corrected chi connectivity index (χ4v) is 4.36. The van der Waals surface area contributed by atoms with E-state index in [-0.39, 0.29) is 17.1 Å². The van der Waals surface area contributed by atoms with Crippen LogP contribution >= 0.6 is 11.6 Å². The van der Waals surface area contributed by atoms with Crippen LogP contribution in [0.3, 0.4) is 0 Å². The summed E-state index contributed by atoms with van der Waals surface area (Å²) in [5.74, 6) is -0.562. The molecule has 0 atom stereocenters. The van der Waals surface area contributed by atoms with Crippen molar-refractivity contribution in [1.29, 1.82) is 0 Å². The van der Waals surface area contributed by atoms with E-state index in [0.717, 1.165) is 18.4 Å². The summed E-state index contributed by atoms with van der Waals surface area (Å²) in [7, 11) is -3.56. The molecule has 0 spiro atoms. The molecule has 0 unspecified atom stereocenters. The highest BCUT2D eigenvalue weighted by Crippen LogP contribution is 2.22. The molecule has 3 rings (SSSR count). The third-order valence-electron chi connectivity index (χ3n) is 4.06. The number of rotatable bonds is 5. The maximum atomic E-state index is 12.6. The number of hydrogen-bond acceptors (Lipinski definition) is 4. The first-order valence-corrected chi connectivity index (χ1v) is 9.80. The first-order chi connectivity index (χ1) is 12.0. The highest BCUT2D eigenvalue weighted by Gasteiger charge is 2.27. The number of ether oxygens (including phenoxy) is 1. The number of nitrogens with zero attached hydrogens (tertiary/aromatic N) is 1. The smallest absolute Gasteiger partial charge is 0.338 e. The number of carbonyl (C=O) groups excluding carboxylic acids is 1. The average Bonchev–Trinajstić information content (AvgIpc) is 3.16. The van der Waals surface area contributed by atoms with Crippen LogP contribution in [0.4, 0.5) is 0 Å². The Kier molecular flexibility index (Phi) is 5.42. The van der Waals surface area contributed by atoms with Gasteiger partial charge in [-0.2, -0.15) is 4.31 Å². The topological polar surface area (TPSA) is 63.7 Å². The molecule has 0 aromatic heterocycles. The van der Waals surface area contributed by atoms with Crippen LogP contribution in [-0.4, -0.2) is 31.8 Å². The van der Waals surface area contributed by atoms with Crippen LogP contribution in [-0.2, 0) is 21.4 Å². The number of hydrogen-bond donors (Lipinski definition) is 0. The molecule has 5 nitrogen and oxygen atoms in total. The van der Waals surface area contributed by atoms with Gasteiger partial charge >= 0.3 is 5.97 Å². The summed E-state index contributed by atoms with van der Waals surface area (Å²) in [6.07, 6.45) is 1.73. The number of carbonyl (C=O) groups is 1. The zero-order valence-electron chi connectivity index (χ0n) is 13.5. The molecule has 25 heavy (non-hydrogen) atoms. The molecular formula is C18H18ClNO4S. The number of benzene rings is 2. The van der Waals surface area contributed by atoms with E-state index >= 15 is 0 Å². The summed E-state index contributed by atoms with van der Waals surface area (Å²) < 4.78 is 31.9. The maximum Gasteiger partial charge on any atom is 0.338 e. The van der Waals surface area contributed by atoms with Crippen molar-refractivity contribution in [2.45, 2.75) is 24.3 Å². The summed E-state index contributed by atoms with van der Waals surface area (Å²) in [6.45, 7) is 1.14. The molecule has 1 aliphatic rings. The van der Waals surface area contributed by atoms with Gasteiger partial charge in [-0.1, -0.05) is 29.8 Å². The normalized spacial score (nSPS) is 15.2. The molecule has 7 heteroatoms. The van der Waals surface area contributed by atoms with Crippen LogP contribution in [0.25, 0.3) is 0 Å². The van der Waals surface area contributed by atoms with E-state index in [2.05, 4.69) is 0 Å². The van der Waals surface area contributed by atoms with Crippen molar-refractivity contribution in [2.75, 3.05) is 13.1 Å². The van der Waals surface area contributed by atoms with Gasteiger partial charge in [-0.3, -0.25) is 0 Å². The molecule has 0 N–H and O–H groups in total. The molecule has 0 aliphatic carbocycles. The monoisotopic (exact) mass is 379 g/mol. The fraction of sp³-hybridized carbons (Fsp3) is 0.278. The standard InChI is InChI=1S/C18H18ClNO4S/c19-16-8-6-14(7-9-16)13-24-18(21)15-4-3-5-17(12-15)25(22,23)20-10-1-2-11-20/h3-9,12H,1-2,10-11,13H2. The zero-order chi connectivity index (χ0) is 17.9. The van der Waals surface area contributed by atoms with E-state index in [1.54, 1.807) is 36.4 Å². The molecule has 1 aliphatic heterocycles. The van der Waals surface area contributed by atoms with Gasteiger partial charge < -0.3 is 4.74 Å². The Morgan fingerprint density at radius 1 is 1.08 bits per heavy atom. The minimum Gasteiger partial charge on any atom is -0.457 e. The fourth-order valence-electron chi connectivity index (χ4n) is 2.67. The van der Waals surface area contributed by atoms with Gasteiger partial charge in [0.15, 0.2) is 0 Å². The Hall–Kier alpha value is -1.89. The van der Waals surface area contributed by atoms with Gasteiger partial charge in [0.25, 0.3) is 0 Å². The van der Waals surface area contributed by atoms with Crippen LogP contribution < -0.4 is 0 Å². The molecule has 132 valence electrons. The quantitative estimate of drug-likeness (QED) is 0.746. The number of halogens is 1. The molecule has 2 aromatic rings. The van der Waals surface area contributed by atoms with Gasteiger partial charge in [0.2, 0.25) is 10.0 Å². The molecule has 1 heterocycles. The van der Waals surface area contributed by atoms with Crippen LogP contribution in [0.15, 0.2) is 53.4 Å².